The zero-order valence-electron chi connectivity index (χ0n) is 11.2. The number of aryl methyl sites for hydroxylation is 1. The van der Waals surface area contributed by atoms with Crippen LogP contribution >= 0.6 is 11.8 Å². The minimum Gasteiger partial charge on any atom is -0.368 e. The normalized spacial score (nSPS) is 11.1. The van der Waals surface area contributed by atoms with Gasteiger partial charge in [-0.1, -0.05) is 42.1 Å². The Hall–Kier alpha value is -2.08. The van der Waals surface area contributed by atoms with E-state index in [0.717, 1.165) is 28.5 Å². The minimum atomic E-state index is 0.295. The number of imidazole rings is 1. The van der Waals surface area contributed by atoms with Crippen LogP contribution in [0, 0.1) is 0 Å². The van der Waals surface area contributed by atoms with E-state index >= 15 is 0 Å². The van der Waals surface area contributed by atoms with Gasteiger partial charge in [0, 0.05) is 12.3 Å². The van der Waals surface area contributed by atoms with Crippen LogP contribution in [-0.2, 0) is 12.3 Å². The van der Waals surface area contributed by atoms with Crippen molar-refractivity contribution in [2.75, 3.05) is 5.73 Å². The maximum Gasteiger partial charge on any atom is 0.223 e. The fourth-order valence-corrected chi connectivity index (χ4v) is 2.93. The van der Waals surface area contributed by atoms with Gasteiger partial charge in [-0.25, -0.2) is 9.97 Å². The predicted molar refractivity (Wildman–Crippen MR) is 81.4 cm³/mol. The van der Waals surface area contributed by atoms with Crippen molar-refractivity contribution in [1.29, 1.82) is 0 Å². The van der Waals surface area contributed by atoms with E-state index in [1.807, 2.05) is 22.8 Å². The first-order chi connectivity index (χ1) is 9.78. The molecule has 3 aromatic rings. The highest BCUT2D eigenvalue weighted by Gasteiger charge is 2.12. The van der Waals surface area contributed by atoms with Crippen molar-refractivity contribution < 1.29 is 0 Å². The highest BCUT2D eigenvalue weighted by atomic mass is 32.2. The van der Waals surface area contributed by atoms with Crippen molar-refractivity contribution in [3.8, 4) is 0 Å². The van der Waals surface area contributed by atoms with Crippen LogP contribution in [0.4, 0.5) is 5.95 Å². The maximum atomic E-state index is 5.80. The van der Waals surface area contributed by atoms with Crippen molar-refractivity contribution in [2.24, 2.45) is 0 Å². The number of hydrogen-bond donors (Lipinski definition) is 1. The molecule has 2 heterocycles. The topological polar surface area (TPSA) is 69.6 Å². The molecule has 1 aromatic carbocycles. The summed E-state index contributed by atoms with van der Waals surface area (Å²) in [6.07, 6.45) is 1.78. The molecule has 20 heavy (non-hydrogen) atoms. The quantitative estimate of drug-likeness (QED) is 0.589. The molecule has 5 nitrogen and oxygen atoms in total. The summed E-state index contributed by atoms with van der Waals surface area (Å²) in [5.74, 6) is 1.13. The Balaban J connectivity index is 1.93. The Morgan fingerprint density at radius 1 is 1.20 bits per heavy atom. The monoisotopic (exact) mass is 285 g/mol. The van der Waals surface area contributed by atoms with Gasteiger partial charge in [0.05, 0.1) is 6.33 Å². The van der Waals surface area contributed by atoms with Crippen molar-refractivity contribution >= 4 is 28.9 Å². The average Bonchev–Trinajstić information content (AvgIpc) is 2.88. The third-order valence-corrected chi connectivity index (χ3v) is 4.04. The molecule has 0 aliphatic heterocycles. The Morgan fingerprint density at radius 3 is 2.75 bits per heavy atom. The molecule has 0 aliphatic rings. The zero-order valence-corrected chi connectivity index (χ0v) is 12.0. The van der Waals surface area contributed by atoms with E-state index in [1.165, 1.54) is 5.56 Å². The van der Waals surface area contributed by atoms with Gasteiger partial charge in [0.25, 0.3) is 0 Å². The van der Waals surface area contributed by atoms with E-state index < -0.39 is 0 Å². The average molecular weight is 285 g/mol. The summed E-state index contributed by atoms with van der Waals surface area (Å²) in [6, 6.07) is 10.3. The molecular formula is C14H15N5S. The maximum absolute atomic E-state index is 5.80. The number of hydrogen-bond acceptors (Lipinski definition) is 5. The van der Waals surface area contributed by atoms with Crippen LogP contribution in [0.15, 0.2) is 41.7 Å². The summed E-state index contributed by atoms with van der Waals surface area (Å²) >= 11 is 1.63. The molecule has 102 valence electrons. The minimum absolute atomic E-state index is 0.295. The summed E-state index contributed by atoms with van der Waals surface area (Å²) in [4.78, 5) is 13.0. The number of nitrogens with zero attached hydrogens (tertiary/aromatic N) is 4. The van der Waals surface area contributed by atoms with Crippen LogP contribution in [0.2, 0.25) is 0 Å². The standard InChI is InChI=1S/C14H15N5S/c1-2-19-9-16-11-12(19)17-14(15)18-13(11)20-8-10-6-4-3-5-7-10/h3-7,9H,2,8H2,1H3,(H2,15,17,18). The van der Waals surface area contributed by atoms with Crippen LogP contribution in [0.1, 0.15) is 12.5 Å². The number of nitrogens with two attached hydrogens (primary N) is 1. The Bertz CT molecular complexity index is 723. The first-order valence-corrected chi connectivity index (χ1v) is 7.41. The molecular weight excluding hydrogens is 270 g/mol. The molecule has 3 rings (SSSR count). The summed E-state index contributed by atoms with van der Waals surface area (Å²) in [5.41, 5.74) is 8.67. The van der Waals surface area contributed by atoms with Crippen LogP contribution in [0.5, 0.6) is 0 Å². The third kappa shape index (κ3) is 2.46. The summed E-state index contributed by atoms with van der Waals surface area (Å²) in [6.45, 7) is 2.87. The third-order valence-electron chi connectivity index (χ3n) is 3.01. The molecule has 0 unspecified atom stereocenters. The fourth-order valence-electron chi connectivity index (χ4n) is 1.99. The largest absolute Gasteiger partial charge is 0.368 e. The highest BCUT2D eigenvalue weighted by molar-refractivity contribution is 7.98. The molecule has 2 N–H and O–H groups in total. The van der Waals surface area contributed by atoms with Crippen molar-refractivity contribution in [3.63, 3.8) is 0 Å². The van der Waals surface area contributed by atoms with Gasteiger partial charge in [0.15, 0.2) is 5.65 Å². The highest BCUT2D eigenvalue weighted by Crippen LogP contribution is 2.27. The first-order valence-electron chi connectivity index (χ1n) is 6.43. The molecule has 6 heteroatoms. The van der Waals surface area contributed by atoms with E-state index in [0.29, 0.717) is 5.95 Å². The summed E-state index contributed by atoms with van der Waals surface area (Å²) < 4.78 is 1.97. The Kier molecular flexibility index (Phi) is 3.56. The Morgan fingerprint density at radius 2 is 2.00 bits per heavy atom. The molecule has 0 aliphatic carbocycles. The SMILES string of the molecule is CCn1cnc2c(SCc3ccccc3)nc(N)nc21. The van der Waals surface area contributed by atoms with Crippen molar-refractivity contribution in [2.45, 2.75) is 24.2 Å². The summed E-state index contributed by atoms with van der Waals surface area (Å²) in [7, 11) is 0. The molecule has 0 saturated carbocycles. The van der Waals surface area contributed by atoms with Crippen molar-refractivity contribution in [3.05, 3.63) is 42.2 Å². The van der Waals surface area contributed by atoms with Crippen LogP contribution < -0.4 is 5.73 Å². The van der Waals surface area contributed by atoms with Crippen LogP contribution in [0.25, 0.3) is 11.2 Å². The smallest absolute Gasteiger partial charge is 0.223 e. The number of rotatable bonds is 4. The number of benzene rings is 1. The van der Waals surface area contributed by atoms with Gasteiger partial charge >= 0.3 is 0 Å². The second kappa shape index (κ2) is 5.50. The lowest BCUT2D eigenvalue weighted by Gasteiger charge is -2.04. The van der Waals surface area contributed by atoms with Crippen molar-refractivity contribution in [1.82, 2.24) is 19.5 Å². The molecule has 2 aromatic heterocycles. The lowest BCUT2D eigenvalue weighted by Crippen LogP contribution is -2.00. The number of aromatic nitrogens is 4. The lowest BCUT2D eigenvalue weighted by atomic mass is 10.2. The molecule has 0 atom stereocenters. The molecule has 0 amide bonds. The van der Waals surface area contributed by atoms with Gasteiger partial charge in [0.1, 0.15) is 10.5 Å². The second-order valence-electron chi connectivity index (χ2n) is 4.36. The summed E-state index contributed by atoms with van der Waals surface area (Å²) in [5, 5.41) is 0.837. The van der Waals surface area contributed by atoms with E-state index in [2.05, 4.69) is 34.0 Å². The van der Waals surface area contributed by atoms with Gasteiger partial charge in [0.2, 0.25) is 5.95 Å². The number of anilines is 1. The number of thioether (sulfide) groups is 1. The van der Waals surface area contributed by atoms with E-state index in [9.17, 15) is 0 Å². The molecule has 0 fully saturated rings. The van der Waals surface area contributed by atoms with Gasteiger partial charge in [-0.05, 0) is 12.5 Å². The molecule has 0 radical (unpaired) electrons. The first kappa shape index (κ1) is 12.9. The predicted octanol–water partition coefficient (Wildman–Crippen LogP) is 2.72. The fraction of sp³-hybridized carbons (Fsp3) is 0.214. The van der Waals surface area contributed by atoms with E-state index in [-0.39, 0.29) is 0 Å². The van der Waals surface area contributed by atoms with Gasteiger partial charge in [-0.15, -0.1) is 0 Å². The zero-order chi connectivity index (χ0) is 13.9. The number of fused-ring (bicyclic) bond motifs is 1. The van der Waals surface area contributed by atoms with E-state index in [4.69, 9.17) is 5.73 Å². The van der Waals surface area contributed by atoms with Gasteiger partial charge < -0.3 is 10.3 Å². The molecule has 0 saturated heterocycles. The molecule has 0 spiro atoms. The second-order valence-corrected chi connectivity index (χ2v) is 5.33. The number of nitrogen functional groups attached to an aromatic ring is 1. The molecule has 0 bridgehead atoms. The van der Waals surface area contributed by atoms with E-state index in [1.54, 1.807) is 18.1 Å². The lowest BCUT2D eigenvalue weighted by molar-refractivity contribution is 0.777. The van der Waals surface area contributed by atoms with Crippen LogP contribution in [-0.4, -0.2) is 19.5 Å². The van der Waals surface area contributed by atoms with Gasteiger partial charge in [-0.2, -0.15) is 4.98 Å². The van der Waals surface area contributed by atoms with Crippen LogP contribution in [0.3, 0.4) is 0 Å². The van der Waals surface area contributed by atoms with Gasteiger partial charge in [-0.3, -0.25) is 0 Å². The Labute approximate surface area is 121 Å².